The molecule has 8 heteroatoms. The summed E-state index contributed by atoms with van der Waals surface area (Å²) >= 11 is 0. The molecule has 27 heavy (non-hydrogen) atoms. The zero-order valence-corrected chi connectivity index (χ0v) is 15.3. The van der Waals surface area contributed by atoms with E-state index in [4.69, 9.17) is 14.2 Å². The van der Waals surface area contributed by atoms with Crippen LogP contribution in [0.4, 0.5) is 15.9 Å². The van der Waals surface area contributed by atoms with Gasteiger partial charge in [-0.15, -0.1) is 0 Å². The zero-order valence-electron chi connectivity index (χ0n) is 15.3. The second kappa shape index (κ2) is 8.15. The first-order chi connectivity index (χ1) is 13.0. The monoisotopic (exact) mass is 373 g/mol. The Balaban J connectivity index is 2.05. The molecule has 0 amide bonds. The molecule has 0 atom stereocenters. The second-order valence-electron chi connectivity index (χ2n) is 5.83. The Labute approximate surface area is 155 Å². The Morgan fingerprint density at radius 1 is 1.07 bits per heavy atom. The molecule has 0 bridgehead atoms. The van der Waals surface area contributed by atoms with Gasteiger partial charge in [0, 0.05) is 18.6 Å². The highest BCUT2D eigenvalue weighted by molar-refractivity contribution is 5.93. The predicted octanol–water partition coefficient (Wildman–Crippen LogP) is 3.64. The molecule has 0 unspecified atom stereocenters. The number of rotatable bonds is 7. The van der Waals surface area contributed by atoms with Gasteiger partial charge in [-0.25, -0.2) is 19.4 Å². The maximum absolute atomic E-state index is 14.3. The van der Waals surface area contributed by atoms with Gasteiger partial charge in [-0.3, -0.25) is 5.21 Å². The van der Waals surface area contributed by atoms with Crippen molar-refractivity contribution in [3.8, 4) is 11.5 Å². The lowest BCUT2D eigenvalue weighted by molar-refractivity contribution is 0.144. The number of anilines is 2. The predicted molar refractivity (Wildman–Crippen MR) is 98.5 cm³/mol. The summed E-state index contributed by atoms with van der Waals surface area (Å²) in [5.41, 5.74) is 1.25. The Morgan fingerprint density at radius 3 is 2.59 bits per heavy atom. The van der Waals surface area contributed by atoms with Crippen molar-refractivity contribution < 1.29 is 23.8 Å². The van der Waals surface area contributed by atoms with Crippen molar-refractivity contribution in [1.29, 1.82) is 0 Å². The Morgan fingerprint density at radius 2 is 1.89 bits per heavy atom. The highest BCUT2D eigenvalue weighted by Gasteiger charge is 2.18. The number of methoxy groups -OCH3 is 2. The van der Waals surface area contributed by atoms with E-state index in [-0.39, 0.29) is 11.5 Å². The number of aromatic nitrogens is 2. The minimum Gasteiger partial charge on any atom is -0.493 e. The number of hydrogen-bond donors (Lipinski definition) is 1. The van der Waals surface area contributed by atoms with Crippen LogP contribution in [0.3, 0.4) is 0 Å². The van der Waals surface area contributed by atoms with Gasteiger partial charge in [0.05, 0.1) is 19.2 Å². The molecule has 142 valence electrons. The van der Waals surface area contributed by atoms with Crippen molar-refractivity contribution in [2.75, 3.05) is 32.5 Å². The molecule has 0 aliphatic heterocycles. The van der Waals surface area contributed by atoms with Crippen LogP contribution in [0.15, 0.2) is 36.7 Å². The lowest BCUT2D eigenvalue weighted by Crippen LogP contribution is -2.14. The van der Waals surface area contributed by atoms with Crippen LogP contribution in [-0.4, -0.2) is 42.6 Å². The molecule has 3 aromatic rings. The molecule has 1 N–H and O–H groups in total. The van der Waals surface area contributed by atoms with Crippen molar-refractivity contribution in [3.63, 3.8) is 0 Å². The summed E-state index contributed by atoms with van der Waals surface area (Å²) in [5, 5.41) is 11.8. The van der Waals surface area contributed by atoms with E-state index in [0.29, 0.717) is 40.7 Å². The fourth-order valence-electron chi connectivity index (χ4n) is 2.62. The first-order valence-corrected chi connectivity index (χ1v) is 8.24. The summed E-state index contributed by atoms with van der Waals surface area (Å²) in [6.45, 7) is 2.54. The molecule has 1 heterocycles. The first kappa shape index (κ1) is 18.8. The van der Waals surface area contributed by atoms with E-state index in [1.165, 1.54) is 25.6 Å². The average molecular weight is 373 g/mol. The summed E-state index contributed by atoms with van der Waals surface area (Å²) in [6.07, 6.45) is 1.29. The van der Waals surface area contributed by atoms with Crippen LogP contribution < -0.4 is 14.5 Å². The summed E-state index contributed by atoms with van der Waals surface area (Å²) in [5.74, 6) is 0.491. The number of nitrogens with zero attached hydrogens (tertiary/aromatic N) is 3. The van der Waals surface area contributed by atoms with Gasteiger partial charge in [0.25, 0.3) is 0 Å². The molecule has 0 radical (unpaired) electrons. The molecule has 0 spiro atoms. The van der Waals surface area contributed by atoms with E-state index >= 15 is 0 Å². The van der Waals surface area contributed by atoms with Crippen molar-refractivity contribution in [3.05, 3.63) is 48.0 Å². The number of aryl methyl sites for hydroxylation is 1. The highest BCUT2D eigenvalue weighted by atomic mass is 19.1. The fraction of sp³-hybridized carbons (Fsp3) is 0.263. The highest BCUT2D eigenvalue weighted by Crippen LogP contribution is 2.36. The third kappa shape index (κ3) is 3.91. The molecule has 0 saturated heterocycles. The average Bonchev–Trinajstić information content (AvgIpc) is 2.66. The summed E-state index contributed by atoms with van der Waals surface area (Å²) in [7, 11) is 3.09. The minimum absolute atomic E-state index is 0.0139. The molecular formula is C19H20FN3O4. The van der Waals surface area contributed by atoms with Gasteiger partial charge in [0.2, 0.25) is 0 Å². The van der Waals surface area contributed by atoms with Gasteiger partial charge in [-0.05, 0) is 30.7 Å². The molecule has 1 aromatic heterocycles. The molecule has 0 saturated carbocycles. The van der Waals surface area contributed by atoms with E-state index in [2.05, 4.69) is 9.97 Å². The van der Waals surface area contributed by atoms with Crippen LogP contribution in [0, 0.1) is 12.7 Å². The largest absolute Gasteiger partial charge is 0.493 e. The Kier molecular flexibility index (Phi) is 5.68. The number of fused-ring (bicyclic) bond motifs is 1. The Bertz CT molecular complexity index is 952. The summed E-state index contributed by atoms with van der Waals surface area (Å²) in [6, 6.07) is 7.84. The van der Waals surface area contributed by atoms with Gasteiger partial charge in [-0.2, -0.15) is 0 Å². The van der Waals surface area contributed by atoms with Crippen LogP contribution in [0.5, 0.6) is 11.5 Å². The van der Waals surface area contributed by atoms with Crippen LogP contribution in [0.2, 0.25) is 0 Å². The molecule has 2 aromatic carbocycles. The third-order valence-corrected chi connectivity index (χ3v) is 3.98. The number of benzene rings is 2. The topological polar surface area (TPSA) is 76.9 Å². The smallest absolute Gasteiger partial charge is 0.169 e. The summed E-state index contributed by atoms with van der Waals surface area (Å²) < 4.78 is 30.3. The van der Waals surface area contributed by atoms with Crippen molar-refractivity contribution in [2.45, 2.75) is 6.92 Å². The normalized spacial score (nSPS) is 10.9. The lowest BCUT2D eigenvalue weighted by Gasteiger charge is -2.19. The quantitative estimate of drug-likeness (QED) is 0.500. The molecule has 7 nitrogen and oxygen atoms in total. The van der Waals surface area contributed by atoms with Gasteiger partial charge >= 0.3 is 0 Å². The number of hydrogen-bond acceptors (Lipinski definition) is 7. The van der Waals surface area contributed by atoms with Crippen molar-refractivity contribution in [1.82, 2.24) is 9.97 Å². The standard InChI is InChI=1S/C19H20FN3O4/c1-12-4-5-16(14(20)8-12)23(24)19-13-9-17(26-3)18(27-7-6-25-2)10-15(13)21-11-22-19/h4-5,8-11,24H,6-7H2,1-3H3. The van der Waals surface area contributed by atoms with Crippen LogP contribution in [0.1, 0.15) is 5.56 Å². The van der Waals surface area contributed by atoms with E-state index in [0.717, 1.165) is 5.56 Å². The van der Waals surface area contributed by atoms with Gasteiger partial charge in [0.15, 0.2) is 17.3 Å². The Hall–Kier alpha value is -2.97. The minimum atomic E-state index is -0.559. The van der Waals surface area contributed by atoms with Crippen molar-refractivity contribution in [2.24, 2.45) is 0 Å². The van der Waals surface area contributed by atoms with Crippen LogP contribution in [-0.2, 0) is 4.74 Å². The lowest BCUT2D eigenvalue weighted by atomic mass is 10.2. The number of ether oxygens (including phenoxy) is 3. The van der Waals surface area contributed by atoms with E-state index < -0.39 is 5.82 Å². The molecule has 0 fully saturated rings. The number of halogens is 1. The maximum Gasteiger partial charge on any atom is 0.169 e. The van der Waals surface area contributed by atoms with E-state index in [1.807, 2.05) is 0 Å². The third-order valence-electron chi connectivity index (χ3n) is 3.98. The zero-order chi connectivity index (χ0) is 19.4. The molecule has 0 aliphatic rings. The van der Waals surface area contributed by atoms with Gasteiger partial charge < -0.3 is 14.2 Å². The molecular weight excluding hydrogens is 353 g/mol. The maximum atomic E-state index is 14.3. The van der Waals surface area contributed by atoms with Crippen molar-refractivity contribution >= 4 is 22.4 Å². The van der Waals surface area contributed by atoms with E-state index in [1.54, 1.807) is 32.2 Å². The SMILES string of the molecule is COCCOc1cc2ncnc(N(O)c3ccc(C)cc3F)c2cc1OC. The molecule has 3 rings (SSSR count). The van der Waals surface area contributed by atoms with Gasteiger partial charge in [0.1, 0.15) is 24.4 Å². The summed E-state index contributed by atoms with van der Waals surface area (Å²) in [4.78, 5) is 8.32. The second-order valence-corrected chi connectivity index (χ2v) is 5.83. The van der Waals surface area contributed by atoms with Gasteiger partial charge in [-0.1, -0.05) is 6.07 Å². The van der Waals surface area contributed by atoms with E-state index in [9.17, 15) is 9.60 Å². The molecule has 0 aliphatic carbocycles. The van der Waals surface area contributed by atoms with Crippen LogP contribution >= 0.6 is 0 Å². The first-order valence-electron chi connectivity index (χ1n) is 8.24. The van der Waals surface area contributed by atoms with Crippen LogP contribution in [0.25, 0.3) is 10.9 Å². The fourth-order valence-corrected chi connectivity index (χ4v) is 2.62.